The molecule has 9 nitrogen and oxygen atoms in total. The van der Waals surface area contributed by atoms with E-state index in [1.54, 1.807) is 18.3 Å². The molecule has 1 aromatic rings. The Bertz CT molecular complexity index is 824. The van der Waals surface area contributed by atoms with Gasteiger partial charge in [-0.05, 0) is 50.0 Å². The van der Waals surface area contributed by atoms with Gasteiger partial charge >= 0.3 is 5.97 Å². The SMILES string of the molecule is CC1CC=C(C(C)NC(O)N2C(=O)C(Cc3ccnc(N)c3)C2C(=O)O)C=N1. The Hall–Kier alpha value is -2.78. The van der Waals surface area contributed by atoms with Gasteiger partial charge in [0.25, 0.3) is 0 Å². The number of nitrogen functional groups attached to an aromatic ring is 1. The molecule has 9 heteroatoms. The summed E-state index contributed by atoms with van der Waals surface area (Å²) in [5, 5.41) is 22.9. The first-order chi connectivity index (χ1) is 13.3. The Morgan fingerprint density at radius 2 is 2.25 bits per heavy atom. The zero-order chi connectivity index (χ0) is 20.4. The number of carboxylic acids is 1. The number of hydrogen-bond donors (Lipinski definition) is 4. The molecule has 2 aliphatic heterocycles. The lowest BCUT2D eigenvalue weighted by molar-refractivity contribution is -0.190. The van der Waals surface area contributed by atoms with Crippen LogP contribution in [-0.4, -0.2) is 62.7 Å². The fourth-order valence-electron chi connectivity index (χ4n) is 3.54. The zero-order valence-electron chi connectivity index (χ0n) is 15.8. The molecule has 150 valence electrons. The van der Waals surface area contributed by atoms with Crippen LogP contribution >= 0.6 is 0 Å². The summed E-state index contributed by atoms with van der Waals surface area (Å²) in [4.78, 5) is 33.5. The molecule has 0 aliphatic carbocycles. The van der Waals surface area contributed by atoms with Gasteiger partial charge in [-0.3, -0.25) is 20.0 Å². The third kappa shape index (κ3) is 4.05. The van der Waals surface area contributed by atoms with Crippen molar-refractivity contribution in [2.24, 2.45) is 10.9 Å². The van der Waals surface area contributed by atoms with Crippen molar-refractivity contribution in [3.8, 4) is 0 Å². The van der Waals surface area contributed by atoms with Crippen LogP contribution in [-0.2, 0) is 16.0 Å². The van der Waals surface area contributed by atoms with Gasteiger partial charge in [-0.15, -0.1) is 0 Å². The van der Waals surface area contributed by atoms with Gasteiger partial charge in [0, 0.05) is 18.5 Å². The fourth-order valence-corrected chi connectivity index (χ4v) is 3.54. The summed E-state index contributed by atoms with van der Waals surface area (Å²) in [7, 11) is 0. The molecule has 5 unspecified atom stereocenters. The van der Waals surface area contributed by atoms with E-state index in [0.29, 0.717) is 5.82 Å². The molecule has 3 rings (SSSR count). The van der Waals surface area contributed by atoms with Gasteiger partial charge in [0.1, 0.15) is 11.9 Å². The summed E-state index contributed by atoms with van der Waals surface area (Å²) in [5.74, 6) is -2.04. The maximum Gasteiger partial charge on any atom is 0.327 e. The number of aliphatic hydroxyl groups excluding tert-OH is 1. The number of carboxylic acid groups (broad SMARTS) is 1. The van der Waals surface area contributed by atoms with Crippen molar-refractivity contribution >= 4 is 23.9 Å². The van der Waals surface area contributed by atoms with Crippen molar-refractivity contribution < 1.29 is 19.8 Å². The normalized spacial score (nSPS) is 26.4. The highest BCUT2D eigenvalue weighted by atomic mass is 16.4. The number of carbonyl (C=O) groups is 2. The molecule has 0 radical (unpaired) electrons. The number of rotatable bonds is 7. The highest BCUT2D eigenvalue weighted by Crippen LogP contribution is 2.31. The van der Waals surface area contributed by atoms with Crippen LogP contribution in [0.5, 0.6) is 0 Å². The minimum Gasteiger partial charge on any atom is -0.480 e. The highest BCUT2D eigenvalue weighted by Gasteiger charge is 2.54. The number of aliphatic hydroxyl groups is 1. The Labute approximate surface area is 163 Å². The average molecular weight is 387 g/mol. The summed E-state index contributed by atoms with van der Waals surface area (Å²) >= 11 is 0. The smallest absolute Gasteiger partial charge is 0.327 e. The molecule has 5 N–H and O–H groups in total. The molecule has 2 aliphatic rings. The predicted octanol–water partition coefficient (Wildman–Crippen LogP) is 0.161. The summed E-state index contributed by atoms with van der Waals surface area (Å²) in [6, 6.07) is 2.12. The monoisotopic (exact) mass is 387 g/mol. The summed E-state index contributed by atoms with van der Waals surface area (Å²) < 4.78 is 0. The van der Waals surface area contributed by atoms with Crippen LogP contribution in [0.25, 0.3) is 0 Å². The minimum atomic E-state index is -1.41. The van der Waals surface area contributed by atoms with E-state index in [4.69, 9.17) is 5.73 Å². The third-order valence-electron chi connectivity index (χ3n) is 5.14. The number of anilines is 1. The number of aliphatic imine (C=N–C) groups is 1. The number of carbonyl (C=O) groups excluding carboxylic acids is 1. The molecule has 1 saturated heterocycles. The predicted molar refractivity (Wildman–Crippen MR) is 103 cm³/mol. The quantitative estimate of drug-likeness (QED) is 0.386. The molecule has 1 fully saturated rings. The highest BCUT2D eigenvalue weighted by molar-refractivity contribution is 5.96. The number of nitrogens with two attached hydrogens (primary N) is 1. The first-order valence-electron chi connectivity index (χ1n) is 9.20. The minimum absolute atomic E-state index is 0.219. The summed E-state index contributed by atoms with van der Waals surface area (Å²) in [5.41, 5.74) is 7.26. The van der Waals surface area contributed by atoms with Gasteiger partial charge in [0.05, 0.1) is 12.0 Å². The molecule has 1 aromatic heterocycles. The van der Waals surface area contributed by atoms with Gasteiger partial charge in [-0.25, -0.2) is 9.78 Å². The topological polar surface area (TPSA) is 141 Å². The number of hydrogen-bond acceptors (Lipinski definition) is 7. The van der Waals surface area contributed by atoms with Crippen LogP contribution in [0.4, 0.5) is 5.82 Å². The average Bonchev–Trinajstić information content (AvgIpc) is 2.63. The van der Waals surface area contributed by atoms with Crippen molar-refractivity contribution in [1.29, 1.82) is 0 Å². The van der Waals surface area contributed by atoms with Crippen LogP contribution in [0.1, 0.15) is 25.8 Å². The van der Waals surface area contributed by atoms with Gasteiger partial charge in [0.2, 0.25) is 5.91 Å². The second-order valence-electron chi connectivity index (χ2n) is 7.26. The van der Waals surface area contributed by atoms with Crippen LogP contribution in [0.3, 0.4) is 0 Å². The van der Waals surface area contributed by atoms with Crippen molar-refractivity contribution in [2.75, 3.05) is 5.73 Å². The Morgan fingerprint density at radius 3 is 2.86 bits per heavy atom. The van der Waals surface area contributed by atoms with E-state index in [2.05, 4.69) is 15.3 Å². The van der Waals surface area contributed by atoms with Crippen LogP contribution < -0.4 is 11.1 Å². The van der Waals surface area contributed by atoms with Crippen LogP contribution in [0.2, 0.25) is 0 Å². The maximum absolute atomic E-state index is 12.6. The molecule has 28 heavy (non-hydrogen) atoms. The summed E-state index contributed by atoms with van der Waals surface area (Å²) in [6.45, 7) is 3.83. The van der Waals surface area contributed by atoms with E-state index < -0.39 is 30.2 Å². The first kappa shape index (κ1) is 20.0. The van der Waals surface area contributed by atoms with E-state index in [0.717, 1.165) is 22.5 Å². The second-order valence-corrected chi connectivity index (χ2v) is 7.26. The van der Waals surface area contributed by atoms with Gasteiger partial charge in [-0.1, -0.05) is 6.08 Å². The molecular weight excluding hydrogens is 362 g/mol. The number of likely N-dealkylation sites (tertiary alicyclic amines) is 1. The Kier molecular flexibility index (Phi) is 5.76. The van der Waals surface area contributed by atoms with Crippen molar-refractivity contribution in [2.45, 2.75) is 51.2 Å². The molecule has 5 atom stereocenters. The number of β-lactam (4-membered cyclic amide) rings is 1. The molecule has 0 bridgehead atoms. The van der Waals surface area contributed by atoms with E-state index in [1.165, 1.54) is 6.20 Å². The zero-order valence-corrected chi connectivity index (χ0v) is 15.8. The fraction of sp³-hybridized carbons (Fsp3) is 0.474. The lowest BCUT2D eigenvalue weighted by Crippen LogP contribution is -2.71. The van der Waals surface area contributed by atoms with Crippen LogP contribution in [0.15, 0.2) is 35.0 Å². The van der Waals surface area contributed by atoms with E-state index in [-0.39, 0.29) is 18.5 Å². The molecule has 1 amide bonds. The van der Waals surface area contributed by atoms with Gasteiger partial charge in [-0.2, -0.15) is 0 Å². The number of aliphatic carboxylic acids is 1. The molecular formula is C19H25N5O4. The number of amides is 1. The molecule has 0 saturated carbocycles. The van der Waals surface area contributed by atoms with E-state index in [1.807, 2.05) is 19.9 Å². The summed E-state index contributed by atoms with van der Waals surface area (Å²) in [6.07, 6.45) is 4.88. The number of dihydropyridines is 1. The van der Waals surface area contributed by atoms with Crippen molar-refractivity contribution in [3.05, 3.63) is 35.5 Å². The Morgan fingerprint density at radius 1 is 1.50 bits per heavy atom. The lowest BCUT2D eigenvalue weighted by atomic mass is 9.82. The number of aromatic nitrogens is 1. The number of nitrogens with zero attached hydrogens (tertiary/aromatic N) is 3. The van der Waals surface area contributed by atoms with E-state index in [9.17, 15) is 19.8 Å². The van der Waals surface area contributed by atoms with E-state index >= 15 is 0 Å². The largest absolute Gasteiger partial charge is 0.480 e. The molecule has 0 spiro atoms. The van der Waals surface area contributed by atoms with Gasteiger partial charge in [0.15, 0.2) is 6.35 Å². The molecule has 3 heterocycles. The number of nitrogens with one attached hydrogen (secondary N) is 1. The maximum atomic E-state index is 12.6. The second kappa shape index (κ2) is 8.07. The van der Waals surface area contributed by atoms with Crippen LogP contribution in [0, 0.1) is 5.92 Å². The third-order valence-corrected chi connectivity index (χ3v) is 5.14. The van der Waals surface area contributed by atoms with Crippen molar-refractivity contribution in [3.63, 3.8) is 0 Å². The first-order valence-corrected chi connectivity index (χ1v) is 9.20. The molecule has 0 aromatic carbocycles. The number of pyridine rings is 1. The van der Waals surface area contributed by atoms with Crippen molar-refractivity contribution in [1.82, 2.24) is 15.2 Å². The lowest BCUT2D eigenvalue weighted by Gasteiger charge is -2.47. The van der Waals surface area contributed by atoms with Gasteiger partial charge < -0.3 is 15.9 Å². The Balaban J connectivity index is 1.67. The standard InChI is InChI=1S/C19H25N5O4/c1-10-3-4-13(9-22-10)11(2)23-19(28)24-16(18(26)27)14(17(24)25)7-12-5-6-21-15(20)8-12/h4-6,8-11,14,16,19,23,28H,3,7H2,1-2H3,(H2,20,21)(H,26,27).